The lowest BCUT2D eigenvalue weighted by Crippen LogP contribution is -2.36. The van der Waals surface area contributed by atoms with E-state index in [0.29, 0.717) is 6.04 Å². The molecule has 1 aromatic carbocycles. The van der Waals surface area contributed by atoms with Gasteiger partial charge in [0.1, 0.15) is 5.75 Å². The Morgan fingerprint density at radius 3 is 3.00 bits per heavy atom. The van der Waals surface area contributed by atoms with Crippen LogP contribution in [0.5, 0.6) is 5.75 Å². The van der Waals surface area contributed by atoms with Crippen LogP contribution in [0.2, 0.25) is 0 Å². The SMILES string of the molecule is CCCNC1CCOC(c2ccccc2OC)C1. The Morgan fingerprint density at radius 1 is 1.39 bits per heavy atom. The highest BCUT2D eigenvalue weighted by atomic mass is 16.5. The van der Waals surface area contributed by atoms with Gasteiger partial charge in [-0.2, -0.15) is 0 Å². The highest BCUT2D eigenvalue weighted by Gasteiger charge is 2.25. The van der Waals surface area contributed by atoms with Gasteiger partial charge in [-0.1, -0.05) is 25.1 Å². The van der Waals surface area contributed by atoms with Crippen molar-refractivity contribution >= 4 is 0 Å². The minimum atomic E-state index is 0.157. The number of benzene rings is 1. The van der Waals surface area contributed by atoms with Gasteiger partial charge >= 0.3 is 0 Å². The molecule has 2 rings (SSSR count). The van der Waals surface area contributed by atoms with E-state index in [2.05, 4.69) is 18.3 Å². The third-order valence-electron chi connectivity index (χ3n) is 3.45. The minimum absolute atomic E-state index is 0.157. The summed E-state index contributed by atoms with van der Waals surface area (Å²) in [6.07, 6.45) is 3.46. The van der Waals surface area contributed by atoms with E-state index in [1.54, 1.807) is 7.11 Å². The third kappa shape index (κ3) is 3.24. The number of nitrogens with one attached hydrogen (secondary N) is 1. The molecule has 1 aliphatic rings. The lowest BCUT2D eigenvalue weighted by molar-refractivity contribution is -0.000851. The summed E-state index contributed by atoms with van der Waals surface area (Å²) in [4.78, 5) is 0. The normalized spacial score (nSPS) is 23.9. The molecular weight excluding hydrogens is 226 g/mol. The van der Waals surface area contributed by atoms with Crippen molar-refractivity contribution in [2.24, 2.45) is 0 Å². The van der Waals surface area contributed by atoms with E-state index in [1.165, 1.54) is 12.0 Å². The standard InChI is InChI=1S/C15H23NO2/c1-3-9-16-12-8-10-18-15(11-12)13-6-4-5-7-14(13)17-2/h4-7,12,15-16H,3,8-11H2,1-2H3. The summed E-state index contributed by atoms with van der Waals surface area (Å²) in [7, 11) is 1.72. The predicted molar refractivity (Wildman–Crippen MR) is 73.0 cm³/mol. The average Bonchev–Trinajstić information content (AvgIpc) is 2.45. The molecule has 18 heavy (non-hydrogen) atoms. The quantitative estimate of drug-likeness (QED) is 0.870. The molecule has 1 aliphatic heterocycles. The van der Waals surface area contributed by atoms with Crippen molar-refractivity contribution in [2.75, 3.05) is 20.3 Å². The molecule has 0 aromatic heterocycles. The molecule has 0 saturated carbocycles. The lowest BCUT2D eigenvalue weighted by atomic mass is 9.96. The van der Waals surface area contributed by atoms with Crippen molar-refractivity contribution in [1.29, 1.82) is 0 Å². The second-order valence-corrected chi connectivity index (χ2v) is 4.78. The van der Waals surface area contributed by atoms with Gasteiger partial charge in [0.15, 0.2) is 0 Å². The van der Waals surface area contributed by atoms with Crippen LogP contribution in [0.4, 0.5) is 0 Å². The topological polar surface area (TPSA) is 30.5 Å². The van der Waals surface area contributed by atoms with E-state index in [-0.39, 0.29) is 6.10 Å². The van der Waals surface area contributed by atoms with Crippen LogP contribution in [-0.4, -0.2) is 26.3 Å². The molecule has 0 spiro atoms. The van der Waals surface area contributed by atoms with E-state index in [0.717, 1.165) is 31.7 Å². The number of ether oxygens (including phenoxy) is 2. The number of hydrogen-bond donors (Lipinski definition) is 1. The number of hydrogen-bond acceptors (Lipinski definition) is 3. The fourth-order valence-corrected chi connectivity index (χ4v) is 2.48. The Kier molecular flexibility index (Phi) is 5.02. The first-order valence-corrected chi connectivity index (χ1v) is 6.83. The molecule has 100 valence electrons. The summed E-state index contributed by atoms with van der Waals surface area (Å²) in [5.74, 6) is 0.929. The fraction of sp³-hybridized carbons (Fsp3) is 0.600. The summed E-state index contributed by atoms with van der Waals surface area (Å²) in [6.45, 7) is 4.11. The monoisotopic (exact) mass is 249 g/mol. The zero-order valence-corrected chi connectivity index (χ0v) is 11.3. The van der Waals surface area contributed by atoms with Gasteiger partial charge in [-0.05, 0) is 31.9 Å². The first-order chi connectivity index (χ1) is 8.85. The van der Waals surface area contributed by atoms with E-state index < -0.39 is 0 Å². The maximum absolute atomic E-state index is 5.90. The second-order valence-electron chi connectivity index (χ2n) is 4.78. The maximum Gasteiger partial charge on any atom is 0.124 e. The van der Waals surface area contributed by atoms with Crippen LogP contribution in [0.15, 0.2) is 24.3 Å². The highest BCUT2D eigenvalue weighted by molar-refractivity contribution is 5.35. The second kappa shape index (κ2) is 6.76. The molecule has 1 saturated heterocycles. The van der Waals surface area contributed by atoms with Crippen molar-refractivity contribution in [1.82, 2.24) is 5.32 Å². The Labute approximate surface area is 109 Å². The molecule has 3 nitrogen and oxygen atoms in total. The first kappa shape index (κ1) is 13.4. The fourth-order valence-electron chi connectivity index (χ4n) is 2.48. The van der Waals surface area contributed by atoms with Gasteiger partial charge in [-0.3, -0.25) is 0 Å². The number of rotatable bonds is 5. The van der Waals surface area contributed by atoms with E-state index in [1.807, 2.05) is 18.2 Å². The van der Waals surface area contributed by atoms with Gasteiger partial charge in [-0.15, -0.1) is 0 Å². The summed E-state index contributed by atoms with van der Waals surface area (Å²) >= 11 is 0. The summed E-state index contributed by atoms with van der Waals surface area (Å²) in [5, 5.41) is 3.59. The van der Waals surface area contributed by atoms with Crippen LogP contribution >= 0.6 is 0 Å². The van der Waals surface area contributed by atoms with Gasteiger partial charge < -0.3 is 14.8 Å². The zero-order chi connectivity index (χ0) is 12.8. The average molecular weight is 249 g/mol. The largest absolute Gasteiger partial charge is 0.496 e. The van der Waals surface area contributed by atoms with Gasteiger partial charge in [0.2, 0.25) is 0 Å². The molecule has 0 aliphatic carbocycles. The Morgan fingerprint density at radius 2 is 2.22 bits per heavy atom. The van der Waals surface area contributed by atoms with Crippen LogP contribution in [0.3, 0.4) is 0 Å². The molecule has 0 bridgehead atoms. The summed E-state index contributed by atoms with van der Waals surface area (Å²) < 4.78 is 11.3. The van der Waals surface area contributed by atoms with Gasteiger partial charge in [0.05, 0.1) is 13.2 Å². The minimum Gasteiger partial charge on any atom is -0.496 e. The van der Waals surface area contributed by atoms with Crippen LogP contribution < -0.4 is 10.1 Å². The van der Waals surface area contributed by atoms with Gasteiger partial charge in [0, 0.05) is 18.2 Å². The van der Waals surface area contributed by atoms with Crippen LogP contribution in [0.1, 0.15) is 37.9 Å². The Hall–Kier alpha value is -1.06. The van der Waals surface area contributed by atoms with Crippen molar-refractivity contribution in [3.8, 4) is 5.75 Å². The van der Waals surface area contributed by atoms with Gasteiger partial charge in [-0.25, -0.2) is 0 Å². The highest BCUT2D eigenvalue weighted by Crippen LogP contribution is 2.33. The molecule has 1 aromatic rings. The van der Waals surface area contributed by atoms with E-state index in [4.69, 9.17) is 9.47 Å². The van der Waals surface area contributed by atoms with Crippen molar-refractivity contribution in [3.05, 3.63) is 29.8 Å². The smallest absolute Gasteiger partial charge is 0.124 e. The number of para-hydroxylation sites is 1. The first-order valence-electron chi connectivity index (χ1n) is 6.83. The lowest BCUT2D eigenvalue weighted by Gasteiger charge is -2.31. The molecule has 1 heterocycles. The van der Waals surface area contributed by atoms with Crippen LogP contribution in [0.25, 0.3) is 0 Å². The maximum atomic E-state index is 5.90. The molecule has 1 fully saturated rings. The molecule has 2 unspecified atom stereocenters. The third-order valence-corrected chi connectivity index (χ3v) is 3.45. The van der Waals surface area contributed by atoms with Crippen molar-refractivity contribution in [3.63, 3.8) is 0 Å². The molecular formula is C15H23NO2. The van der Waals surface area contributed by atoms with Crippen LogP contribution in [0, 0.1) is 0 Å². The van der Waals surface area contributed by atoms with Crippen molar-refractivity contribution < 1.29 is 9.47 Å². The number of methoxy groups -OCH3 is 1. The van der Waals surface area contributed by atoms with Crippen molar-refractivity contribution in [2.45, 2.75) is 38.3 Å². The summed E-state index contributed by atoms with van der Waals surface area (Å²) in [5.41, 5.74) is 1.17. The predicted octanol–water partition coefficient (Wildman–Crippen LogP) is 2.91. The van der Waals surface area contributed by atoms with Gasteiger partial charge in [0.25, 0.3) is 0 Å². The zero-order valence-electron chi connectivity index (χ0n) is 11.3. The van der Waals surface area contributed by atoms with E-state index >= 15 is 0 Å². The van der Waals surface area contributed by atoms with E-state index in [9.17, 15) is 0 Å². The van der Waals surface area contributed by atoms with Crippen LogP contribution in [-0.2, 0) is 4.74 Å². The molecule has 2 atom stereocenters. The molecule has 3 heteroatoms. The Bertz CT molecular complexity index is 367. The molecule has 0 radical (unpaired) electrons. The molecule has 0 amide bonds. The Balaban J connectivity index is 2.03. The summed E-state index contributed by atoms with van der Waals surface area (Å²) in [6, 6.07) is 8.71. The molecule has 1 N–H and O–H groups in total.